The maximum atomic E-state index is 12.3. The van der Waals surface area contributed by atoms with Gasteiger partial charge in [-0.2, -0.15) is 0 Å². The molecule has 21 heavy (non-hydrogen) atoms. The van der Waals surface area contributed by atoms with Crippen molar-refractivity contribution in [2.24, 2.45) is 17.8 Å². The summed E-state index contributed by atoms with van der Waals surface area (Å²) in [6, 6.07) is 0. The fourth-order valence-corrected chi connectivity index (χ4v) is 3.87. The van der Waals surface area contributed by atoms with E-state index in [9.17, 15) is 4.79 Å². The maximum Gasteiger partial charge on any atom is 0.312 e. The van der Waals surface area contributed by atoms with Crippen LogP contribution in [0.4, 0.5) is 0 Å². The Hall–Kier alpha value is -0.180. The van der Waals surface area contributed by atoms with Gasteiger partial charge in [0.15, 0.2) is 6.29 Å². The summed E-state index contributed by atoms with van der Waals surface area (Å²) in [6.07, 6.45) is 4.50. The molecule has 0 aromatic rings. The van der Waals surface area contributed by atoms with Gasteiger partial charge in [-0.25, -0.2) is 0 Å². The van der Waals surface area contributed by atoms with E-state index < -0.39 is 0 Å². The third-order valence-electron chi connectivity index (χ3n) is 4.05. The highest BCUT2D eigenvalue weighted by atomic mass is 127. The normalized spacial score (nSPS) is 33.3. The molecule has 120 valence electrons. The molecule has 2 aliphatic rings. The number of hydrogen-bond donors (Lipinski definition) is 0. The molecule has 1 heterocycles. The molecule has 1 saturated heterocycles. The van der Waals surface area contributed by atoms with Gasteiger partial charge in [-0.05, 0) is 19.3 Å². The highest BCUT2D eigenvalue weighted by molar-refractivity contribution is 14.1. The van der Waals surface area contributed by atoms with Gasteiger partial charge in [0, 0.05) is 17.0 Å². The van der Waals surface area contributed by atoms with E-state index >= 15 is 0 Å². The Labute approximate surface area is 139 Å². The van der Waals surface area contributed by atoms with Crippen LogP contribution in [0, 0.1) is 17.8 Å². The molecule has 4 atom stereocenters. The van der Waals surface area contributed by atoms with Crippen molar-refractivity contribution in [2.75, 3.05) is 31.4 Å². The van der Waals surface area contributed by atoms with E-state index in [4.69, 9.17) is 18.9 Å². The Kier molecular flexibility index (Phi) is 6.91. The number of allylic oxidation sites excluding steroid dienone is 1. The molecule has 0 aromatic carbocycles. The monoisotopic (exact) mass is 410 g/mol. The van der Waals surface area contributed by atoms with Crippen LogP contribution in [0.3, 0.4) is 0 Å². The molecule has 0 amide bonds. The van der Waals surface area contributed by atoms with Crippen molar-refractivity contribution in [3.8, 4) is 0 Å². The minimum absolute atomic E-state index is 0.0590. The van der Waals surface area contributed by atoms with Crippen LogP contribution >= 0.6 is 22.6 Å². The number of hydrogen-bond acceptors (Lipinski definition) is 5. The van der Waals surface area contributed by atoms with Crippen molar-refractivity contribution in [1.82, 2.24) is 0 Å². The van der Waals surface area contributed by atoms with Crippen molar-refractivity contribution < 1.29 is 23.7 Å². The second-order valence-corrected chi connectivity index (χ2v) is 6.26. The Balaban J connectivity index is 2.28. The van der Waals surface area contributed by atoms with Crippen molar-refractivity contribution in [1.29, 1.82) is 0 Å². The lowest BCUT2D eigenvalue weighted by Crippen LogP contribution is -2.47. The number of halogens is 1. The van der Waals surface area contributed by atoms with E-state index in [0.717, 1.165) is 10.8 Å². The number of alkyl halides is 1. The van der Waals surface area contributed by atoms with Crippen molar-refractivity contribution in [3.63, 3.8) is 0 Å². The Morgan fingerprint density at radius 1 is 1.33 bits per heavy atom. The van der Waals surface area contributed by atoms with E-state index in [0.29, 0.717) is 19.8 Å². The molecule has 5 nitrogen and oxygen atoms in total. The molecule has 6 heteroatoms. The Morgan fingerprint density at radius 2 is 2.05 bits per heavy atom. The lowest BCUT2D eigenvalue weighted by Gasteiger charge is -2.39. The molecule has 1 aliphatic heterocycles. The predicted octanol–water partition coefficient (Wildman–Crippen LogP) is 2.18. The van der Waals surface area contributed by atoms with Gasteiger partial charge in [0.25, 0.3) is 0 Å². The maximum absolute atomic E-state index is 12.3. The summed E-state index contributed by atoms with van der Waals surface area (Å²) in [6.45, 7) is 3.64. The first-order valence-corrected chi connectivity index (χ1v) is 8.92. The predicted molar refractivity (Wildman–Crippen MR) is 86.2 cm³/mol. The minimum Gasteiger partial charge on any atom is -0.469 e. The van der Waals surface area contributed by atoms with Gasteiger partial charge in [0.05, 0.1) is 32.3 Å². The first-order chi connectivity index (χ1) is 10.2. The molecular weight excluding hydrogens is 387 g/mol. The molecule has 0 aromatic heterocycles. The number of carbonyl (C=O) groups is 1. The molecule has 1 fully saturated rings. The summed E-state index contributed by atoms with van der Waals surface area (Å²) in [5, 5.41) is 0. The fourth-order valence-electron chi connectivity index (χ4n) is 3.15. The zero-order chi connectivity index (χ0) is 15.2. The van der Waals surface area contributed by atoms with E-state index in [-0.39, 0.29) is 36.1 Å². The highest BCUT2D eigenvalue weighted by Crippen LogP contribution is 2.40. The quantitative estimate of drug-likeness (QED) is 0.291. The summed E-state index contributed by atoms with van der Waals surface area (Å²) in [4.78, 5) is 12.3. The van der Waals surface area contributed by atoms with E-state index in [1.807, 2.05) is 13.0 Å². The van der Waals surface area contributed by atoms with E-state index in [1.54, 1.807) is 0 Å². The van der Waals surface area contributed by atoms with Gasteiger partial charge >= 0.3 is 5.97 Å². The number of esters is 1. The number of rotatable bonds is 6. The zero-order valence-electron chi connectivity index (χ0n) is 12.5. The smallest absolute Gasteiger partial charge is 0.312 e. The van der Waals surface area contributed by atoms with Crippen LogP contribution in [-0.4, -0.2) is 49.7 Å². The zero-order valence-corrected chi connectivity index (χ0v) is 14.7. The topological polar surface area (TPSA) is 54.0 Å². The molecule has 0 spiro atoms. The molecule has 0 unspecified atom stereocenters. The van der Waals surface area contributed by atoms with Crippen LogP contribution in [-0.2, 0) is 23.7 Å². The van der Waals surface area contributed by atoms with Crippen LogP contribution in [0.15, 0.2) is 12.2 Å². The fraction of sp³-hybridized carbons (Fsp3) is 0.800. The molecule has 2 rings (SSSR count). The summed E-state index contributed by atoms with van der Waals surface area (Å²) in [5.74, 6) is -0.446. The van der Waals surface area contributed by atoms with Gasteiger partial charge in [-0.1, -0.05) is 34.7 Å². The van der Waals surface area contributed by atoms with Crippen LogP contribution in [0.1, 0.15) is 13.3 Å². The molecule has 1 aliphatic carbocycles. The second kappa shape index (κ2) is 8.45. The van der Waals surface area contributed by atoms with Crippen molar-refractivity contribution in [3.05, 3.63) is 12.2 Å². The van der Waals surface area contributed by atoms with Crippen LogP contribution in [0.25, 0.3) is 0 Å². The third kappa shape index (κ3) is 3.97. The summed E-state index contributed by atoms with van der Waals surface area (Å²) in [5.41, 5.74) is 0. The molecule has 0 bridgehead atoms. The average Bonchev–Trinajstić information content (AvgIpc) is 3.02. The summed E-state index contributed by atoms with van der Waals surface area (Å²) >= 11 is 2.36. The largest absolute Gasteiger partial charge is 0.469 e. The van der Waals surface area contributed by atoms with E-state index in [2.05, 4.69) is 28.7 Å². The van der Waals surface area contributed by atoms with Gasteiger partial charge in [-0.3, -0.25) is 4.79 Å². The molecular formula is C15H23IO5. The number of methoxy groups -OCH3 is 1. The molecule has 0 N–H and O–H groups in total. The summed E-state index contributed by atoms with van der Waals surface area (Å²) < 4.78 is 23.2. The average molecular weight is 410 g/mol. The first-order valence-electron chi connectivity index (χ1n) is 7.39. The van der Waals surface area contributed by atoms with Gasteiger partial charge in [0.1, 0.15) is 0 Å². The first kappa shape index (κ1) is 17.2. The lowest BCUT2D eigenvalue weighted by atomic mass is 9.72. The molecule has 0 radical (unpaired) electrons. The van der Waals surface area contributed by atoms with Crippen LogP contribution in [0.2, 0.25) is 0 Å². The van der Waals surface area contributed by atoms with Gasteiger partial charge < -0.3 is 18.9 Å². The third-order valence-corrected chi connectivity index (χ3v) is 4.67. The van der Waals surface area contributed by atoms with Crippen LogP contribution < -0.4 is 0 Å². The SMILES string of the molecule is CCO[C@H]1C=C[C@@H](CCI)[C@@H](C2OCCO2)[C@H]1C(=O)OC. The van der Waals surface area contributed by atoms with Gasteiger partial charge in [-0.15, -0.1) is 0 Å². The standard InChI is InChI=1S/C15H23IO5/c1-3-19-11-5-4-10(6-7-16)12(13(11)14(17)18-2)15-20-8-9-21-15/h4-5,10-13,15H,3,6-9H2,1-2H3/t10-,11-,12+,13-/m0/s1. The lowest BCUT2D eigenvalue weighted by molar-refractivity contribution is -0.171. The highest BCUT2D eigenvalue weighted by Gasteiger charge is 2.47. The summed E-state index contributed by atoms with van der Waals surface area (Å²) in [7, 11) is 1.42. The van der Waals surface area contributed by atoms with E-state index in [1.165, 1.54) is 7.11 Å². The molecule has 0 saturated carbocycles. The van der Waals surface area contributed by atoms with Crippen molar-refractivity contribution in [2.45, 2.75) is 25.7 Å². The van der Waals surface area contributed by atoms with Crippen LogP contribution in [0.5, 0.6) is 0 Å². The van der Waals surface area contributed by atoms with Crippen molar-refractivity contribution >= 4 is 28.6 Å². The van der Waals surface area contributed by atoms with Gasteiger partial charge in [0.2, 0.25) is 0 Å². The Morgan fingerprint density at radius 3 is 2.62 bits per heavy atom. The second-order valence-electron chi connectivity index (χ2n) is 5.18. The minimum atomic E-state index is -0.379. The Bertz CT molecular complexity index is 367. The number of ether oxygens (including phenoxy) is 4. The number of carbonyl (C=O) groups excluding carboxylic acids is 1.